The van der Waals surface area contributed by atoms with E-state index in [0.29, 0.717) is 5.95 Å². The fourth-order valence-electron chi connectivity index (χ4n) is 1.66. The molecule has 0 unspecified atom stereocenters. The highest BCUT2D eigenvalue weighted by atomic mass is 32.1. The number of hydrogen-bond donors (Lipinski definition) is 2. The maximum Gasteiger partial charge on any atom is 0.225 e. The SMILES string of the molecule is CNc1nc(NCC2CC2)c2ccsc2n1. The standard InChI is InChI=1S/C11H14N4S/c1-12-11-14-9(13-6-7-2-3-7)8-4-5-16-10(8)15-11/h4-5,7H,2-3,6H2,1H3,(H2,12,13,14,15). The summed E-state index contributed by atoms with van der Waals surface area (Å²) < 4.78 is 0. The minimum atomic E-state index is 0.688. The van der Waals surface area contributed by atoms with Gasteiger partial charge in [0.05, 0.1) is 5.39 Å². The Morgan fingerprint density at radius 3 is 3.06 bits per heavy atom. The average Bonchev–Trinajstić information content (AvgIpc) is 3.02. The van der Waals surface area contributed by atoms with Crippen molar-refractivity contribution in [2.24, 2.45) is 5.92 Å². The zero-order valence-corrected chi connectivity index (χ0v) is 9.97. The fraction of sp³-hybridized carbons (Fsp3) is 0.455. The second-order valence-corrected chi connectivity index (χ2v) is 5.00. The van der Waals surface area contributed by atoms with Gasteiger partial charge in [-0.3, -0.25) is 0 Å². The summed E-state index contributed by atoms with van der Waals surface area (Å²) in [6.45, 7) is 1.03. The van der Waals surface area contributed by atoms with Crippen molar-refractivity contribution in [1.82, 2.24) is 9.97 Å². The van der Waals surface area contributed by atoms with Gasteiger partial charge in [-0.15, -0.1) is 11.3 Å². The fourth-order valence-corrected chi connectivity index (χ4v) is 2.43. The number of rotatable bonds is 4. The Kier molecular flexibility index (Phi) is 2.40. The van der Waals surface area contributed by atoms with Crippen LogP contribution in [0.5, 0.6) is 0 Å². The van der Waals surface area contributed by atoms with Crippen LogP contribution in [0.25, 0.3) is 10.2 Å². The molecule has 3 rings (SSSR count). The molecule has 0 aromatic carbocycles. The number of fused-ring (bicyclic) bond motifs is 1. The van der Waals surface area contributed by atoms with E-state index in [0.717, 1.165) is 28.5 Å². The lowest BCUT2D eigenvalue weighted by Gasteiger charge is -2.07. The minimum Gasteiger partial charge on any atom is -0.369 e. The van der Waals surface area contributed by atoms with Crippen LogP contribution >= 0.6 is 11.3 Å². The number of nitrogens with one attached hydrogen (secondary N) is 2. The molecular formula is C11H14N4S. The Morgan fingerprint density at radius 1 is 1.44 bits per heavy atom. The predicted octanol–water partition coefficient (Wildman–Crippen LogP) is 2.55. The normalized spacial score (nSPS) is 15.3. The van der Waals surface area contributed by atoms with Crippen LogP contribution in [0.15, 0.2) is 11.4 Å². The van der Waals surface area contributed by atoms with Gasteiger partial charge in [0.1, 0.15) is 10.6 Å². The minimum absolute atomic E-state index is 0.688. The molecule has 0 saturated heterocycles. The van der Waals surface area contributed by atoms with Gasteiger partial charge in [-0.2, -0.15) is 4.98 Å². The molecule has 1 aliphatic rings. The van der Waals surface area contributed by atoms with Gasteiger partial charge in [0.25, 0.3) is 0 Å². The van der Waals surface area contributed by atoms with E-state index in [2.05, 4.69) is 32.0 Å². The smallest absolute Gasteiger partial charge is 0.225 e. The van der Waals surface area contributed by atoms with Crippen molar-refractivity contribution in [3.05, 3.63) is 11.4 Å². The summed E-state index contributed by atoms with van der Waals surface area (Å²) in [5.74, 6) is 2.50. The Bertz CT molecular complexity index is 504. The maximum atomic E-state index is 4.46. The molecule has 2 N–H and O–H groups in total. The van der Waals surface area contributed by atoms with Gasteiger partial charge in [0, 0.05) is 13.6 Å². The van der Waals surface area contributed by atoms with E-state index in [4.69, 9.17) is 0 Å². The molecule has 0 spiro atoms. The van der Waals surface area contributed by atoms with Crippen molar-refractivity contribution in [3.8, 4) is 0 Å². The molecule has 2 aromatic heterocycles. The van der Waals surface area contributed by atoms with E-state index in [-0.39, 0.29) is 0 Å². The molecule has 1 saturated carbocycles. The van der Waals surface area contributed by atoms with Crippen molar-refractivity contribution >= 4 is 33.3 Å². The van der Waals surface area contributed by atoms with Crippen LogP contribution in [-0.4, -0.2) is 23.6 Å². The van der Waals surface area contributed by atoms with Crippen molar-refractivity contribution in [2.45, 2.75) is 12.8 Å². The van der Waals surface area contributed by atoms with Crippen LogP contribution < -0.4 is 10.6 Å². The highest BCUT2D eigenvalue weighted by Crippen LogP contribution is 2.31. The quantitative estimate of drug-likeness (QED) is 0.853. The number of thiophene rings is 1. The molecule has 5 heteroatoms. The first-order valence-corrected chi connectivity index (χ1v) is 6.41. The zero-order valence-electron chi connectivity index (χ0n) is 9.16. The molecule has 0 aliphatic heterocycles. The summed E-state index contributed by atoms with van der Waals surface area (Å²) in [4.78, 5) is 9.92. The molecule has 0 amide bonds. The van der Waals surface area contributed by atoms with Gasteiger partial charge in [-0.05, 0) is 30.2 Å². The molecule has 0 bridgehead atoms. The summed E-state index contributed by atoms with van der Waals surface area (Å²) in [5, 5.41) is 9.61. The lowest BCUT2D eigenvalue weighted by Crippen LogP contribution is -2.07. The van der Waals surface area contributed by atoms with Gasteiger partial charge in [-0.25, -0.2) is 4.98 Å². The second-order valence-electron chi connectivity index (χ2n) is 4.11. The van der Waals surface area contributed by atoms with Gasteiger partial charge >= 0.3 is 0 Å². The monoisotopic (exact) mass is 234 g/mol. The summed E-state index contributed by atoms with van der Waals surface area (Å²) in [6, 6.07) is 2.08. The van der Waals surface area contributed by atoms with Crippen LogP contribution in [0.3, 0.4) is 0 Å². The number of anilines is 2. The molecular weight excluding hydrogens is 220 g/mol. The molecule has 0 radical (unpaired) electrons. The predicted molar refractivity (Wildman–Crippen MR) is 68.2 cm³/mol. The first-order chi connectivity index (χ1) is 7.86. The van der Waals surface area contributed by atoms with Gasteiger partial charge in [-0.1, -0.05) is 0 Å². The lowest BCUT2D eigenvalue weighted by atomic mass is 10.3. The van der Waals surface area contributed by atoms with Crippen LogP contribution in [0.2, 0.25) is 0 Å². The first-order valence-electron chi connectivity index (χ1n) is 5.53. The third kappa shape index (κ3) is 1.82. The van der Waals surface area contributed by atoms with Crippen molar-refractivity contribution in [1.29, 1.82) is 0 Å². The molecule has 1 aliphatic carbocycles. The van der Waals surface area contributed by atoms with Gasteiger partial charge in [0.2, 0.25) is 5.95 Å². The van der Waals surface area contributed by atoms with E-state index < -0.39 is 0 Å². The van der Waals surface area contributed by atoms with Gasteiger partial charge < -0.3 is 10.6 Å². The third-order valence-electron chi connectivity index (χ3n) is 2.80. The molecule has 4 nitrogen and oxygen atoms in total. The highest BCUT2D eigenvalue weighted by molar-refractivity contribution is 7.16. The van der Waals surface area contributed by atoms with E-state index >= 15 is 0 Å². The van der Waals surface area contributed by atoms with Gasteiger partial charge in [0.15, 0.2) is 0 Å². The van der Waals surface area contributed by atoms with Crippen LogP contribution in [-0.2, 0) is 0 Å². The Labute approximate surface area is 98.1 Å². The number of aromatic nitrogens is 2. The highest BCUT2D eigenvalue weighted by Gasteiger charge is 2.21. The summed E-state index contributed by atoms with van der Waals surface area (Å²) in [7, 11) is 1.85. The summed E-state index contributed by atoms with van der Waals surface area (Å²) >= 11 is 1.65. The maximum absolute atomic E-state index is 4.46. The average molecular weight is 234 g/mol. The zero-order chi connectivity index (χ0) is 11.0. The molecule has 16 heavy (non-hydrogen) atoms. The number of hydrogen-bond acceptors (Lipinski definition) is 5. The topological polar surface area (TPSA) is 49.8 Å². The Morgan fingerprint density at radius 2 is 2.31 bits per heavy atom. The lowest BCUT2D eigenvalue weighted by molar-refractivity contribution is 0.884. The van der Waals surface area contributed by atoms with Crippen molar-refractivity contribution in [3.63, 3.8) is 0 Å². The second kappa shape index (κ2) is 3.90. The Hall–Kier alpha value is -1.36. The molecule has 0 atom stereocenters. The largest absolute Gasteiger partial charge is 0.369 e. The van der Waals surface area contributed by atoms with E-state index in [9.17, 15) is 0 Å². The van der Waals surface area contributed by atoms with E-state index in [1.807, 2.05) is 7.05 Å². The van der Waals surface area contributed by atoms with Crippen LogP contribution in [0, 0.1) is 5.92 Å². The van der Waals surface area contributed by atoms with Crippen LogP contribution in [0.1, 0.15) is 12.8 Å². The van der Waals surface area contributed by atoms with E-state index in [1.54, 1.807) is 11.3 Å². The summed E-state index contributed by atoms with van der Waals surface area (Å²) in [5.41, 5.74) is 0. The molecule has 1 fully saturated rings. The van der Waals surface area contributed by atoms with Crippen molar-refractivity contribution in [2.75, 3.05) is 24.2 Å². The number of nitrogens with zero attached hydrogens (tertiary/aromatic N) is 2. The summed E-state index contributed by atoms with van der Waals surface area (Å²) in [6.07, 6.45) is 2.70. The van der Waals surface area contributed by atoms with Crippen LogP contribution in [0.4, 0.5) is 11.8 Å². The third-order valence-corrected chi connectivity index (χ3v) is 3.61. The first kappa shape index (κ1) is 9.84. The Balaban J connectivity index is 1.94. The van der Waals surface area contributed by atoms with Crippen molar-refractivity contribution < 1.29 is 0 Å². The molecule has 84 valence electrons. The molecule has 2 heterocycles. The van der Waals surface area contributed by atoms with E-state index in [1.165, 1.54) is 12.8 Å². The molecule has 2 aromatic rings.